The van der Waals surface area contributed by atoms with Crippen LogP contribution in [0, 0.1) is 6.92 Å². The van der Waals surface area contributed by atoms with Gasteiger partial charge in [0, 0.05) is 30.1 Å². The van der Waals surface area contributed by atoms with Gasteiger partial charge in [-0.2, -0.15) is 4.98 Å². The molecule has 5 nitrogen and oxygen atoms in total. The van der Waals surface area contributed by atoms with Crippen molar-refractivity contribution < 1.29 is 9.32 Å². The second-order valence-electron chi connectivity index (χ2n) is 6.83. The van der Waals surface area contributed by atoms with Crippen LogP contribution in [0.3, 0.4) is 0 Å². The molecule has 0 spiro atoms. The van der Waals surface area contributed by atoms with Crippen molar-refractivity contribution in [1.82, 2.24) is 10.1 Å². The third-order valence-corrected chi connectivity index (χ3v) is 4.77. The second-order valence-corrected chi connectivity index (χ2v) is 6.83. The Kier molecular flexibility index (Phi) is 4.29. The summed E-state index contributed by atoms with van der Waals surface area (Å²) in [5.41, 5.74) is 4.32. The fourth-order valence-corrected chi connectivity index (χ4v) is 3.54. The smallest absolute Gasteiger partial charge is 0.227 e. The van der Waals surface area contributed by atoms with E-state index in [4.69, 9.17) is 4.52 Å². The number of aryl methyl sites for hydroxylation is 2. The lowest BCUT2D eigenvalue weighted by atomic mass is 10.1. The molecule has 0 aliphatic carbocycles. The molecule has 4 rings (SSSR count). The third kappa shape index (κ3) is 3.12. The van der Waals surface area contributed by atoms with Crippen molar-refractivity contribution in [2.75, 3.05) is 4.90 Å². The average Bonchev–Trinajstić information content (AvgIpc) is 3.23. The minimum Gasteiger partial charge on any atom is -0.339 e. The molecule has 1 aliphatic heterocycles. The summed E-state index contributed by atoms with van der Waals surface area (Å²) in [6.45, 7) is 4.11. The maximum atomic E-state index is 12.7. The van der Waals surface area contributed by atoms with E-state index in [0.29, 0.717) is 24.6 Å². The van der Waals surface area contributed by atoms with Crippen LogP contribution in [-0.2, 0) is 17.6 Å². The van der Waals surface area contributed by atoms with Crippen molar-refractivity contribution in [3.63, 3.8) is 0 Å². The highest BCUT2D eigenvalue weighted by Crippen LogP contribution is 2.32. The van der Waals surface area contributed by atoms with Gasteiger partial charge in [0.15, 0.2) is 0 Å². The van der Waals surface area contributed by atoms with Crippen LogP contribution < -0.4 is 4.90 Å². The molecule has 0 fully saturated rings. The predicted octanol–water partition coefficient (Wildman–Crippen LogP) is 3.96. The maximum absolute atomic E-state index is 12.7. The van der Waals surface area contributed by atoms with Gasteiger partial charge in [-0.25, -0.2) is 0 Å². The Balaban J connectivity index is 1.44. The van der Waals surface area contributed by atoms with Gasteiger partial charge in [-0.3, -0.25) is 4.79 Å². The molecule has 2 heterocycles. The highest BCUT2D eigenvalue weighted by atomic mass is 16.5. The van der Waals surface area contributed by atoms with Crippen molar-refractivity contribution in [3.8, 4) is 11.4 Å². The zero-order chi connectivity index (χ0) is 18.1. The Morgan fingerprint density at radius 3 is 2.92 bits per heavy atom. The summed E-state index contributed by atoms with van der Waals surface area (Å²) >= 11 is 0. The number of aromatic nitrogens is 2. The topological polar surface area (TPSA) is 59.2 Å². The molecule has 0 N–H and O–H groups in total. The van der Waals surface area contributed by atoms with Crippen LogP contribution in [0.5, 0.6) is 0 Å². The first-order valence-corrected chi connectivity index (χ1v) is 8.91. The standard InChI is InChI=1S/C21H21N3O2/c1-14-6-5-8-17(12-14)21-22-19(26-23-21)10-11-20(25)24-15(2)13-16-7-3-4-9-18(16)24/h3-9,12,15H,10-11,13H2,1-2H3. The maximum Gasteiger partial charge on any atom is 0.227 e. The van der Waals surface area contributed by atoms with Crippen LogP contribution in [-0.4, -0.2) is 22.1 Å². The molecule has 1 atom stereocenters. The number of hydrogen-bond acceptors (Lipinski definition) is 4. The second kappa shape index (κ2) is 6.75. The molecule has 1 unspecified atom stereocenters. The van der Waals surface area contributed by atoms with Gasteiger partial charge in [-0.15, -0.1) is 0 Å². The summed E-state index contributed by atoms with van der Waals surface area (Å²) < 4.78 is 5.34. The van der Waals surface area contributed by atoms with Crippen LogP contribution >= 0.6 is 0 Å². The summed E-state index contributed by atoms with van der Waals surface area (Å²) in [5, 5.41) is 4.04. The molecule has 1 amide bonds. The number of fused-ring (bicyclic) bond motifs is 1. The molecule has 0 saturated carbocycles. The van der Waals surface area contributed by atoms with Gasteiger partial charge in [0.2, 0.25) is 17.6 Å². The van der Waals surface area contributed by atoms with Crippen LogP contribution in [0.2, 0.25) is 0 Å². The van der Waals surface area contributed by atoms with Crippen molar-refractivity contribution in [2.45, 2.75) is 39.2 Å². The van der Waals surface area contributed by atoms with Crippen molar-refractivity contribution in [3.05, 3.63) is 65.5 Å². The molecule has 0 radical (unpaired) electrons. The summed E-state index contributed by atoms with van der Waals surface area (Å²) in [6, 6.07) is 16.2. The summed E-state index contributed by atoms with van der Waals surface area (Å²) in [5.74, 6) is 1.16. The molecule has 2 aromatic carbocycles. The Morgan fingerprint density at radius 1 is 1.23 bits per heavy atom. The van der Waals surface area contributed by atoms with Crippen molar-refractivity contribution >= 4 is 11.6 Å². The van der Waals surface area contributed by atoms with Gasteiger partial charge in [-0.05, 0) is 38.0 Å². The Hall–Kier alpha value is -2.95. The quantitative estimate of drug-likeness (QED) is 0.717. The SMILES string of the molecule is Cc1cccc(-c2noc(CCC(=O)N3c4ccccc4CC3C)n2)c1. The number of hydrogen-bond donors (Lipinski definition) is 0. The molecule has 26 heavy (non-hydrogen) atoms. The van der Waals surface area contributed by atoms with Crippen LogP contribution in [0.25, 0.3) is 11.4 Å². The lowest BCUT2D eigenvalue weighted by Gasteiger charge is -2.22. The lowest BCUT2D eigenvalue weighted by molar-refractivity contribution is -0.118. The molecule has 1 aliphatic rings. The number of para-hydroxylation sites is 1. The minimum atomic E-state index is 0.0951. The van der Waals surface area contributed by atoms with Gasteiger partial charge in [-0.1, -0.05) is 47.1 Å². The summed E-state index contributed by atoms with van der Waals surface area (Å²) in [6.07, 6.45) is 1.71. The molecule has 1 aromatic heterocycles. The van der Waals surface area contributed by atoms with Crippen LogP contribution in [0.1, 0.15) is 30.4 Å². The van der Waals surface area contributed by atoms with Gasteiger partial charge in [0.1, 0.15) is 0 Å². The normalized spacial score (nSPS) is 15.9. The molecule has 5 heteroatoms. The molecule has 3 aromatic rings. The highest BCUT2D eigenvalue weighted by molar-refractivity contribution is 5.96. The molecular weight excluding hydrogens is 326 g/mol. The summed E-state index contributed by atoms with van der Waals surface area (Å²) in [4.78, 5) is 19.1. The Bertz CT molecular complexity index is 948. The van der Waals surface area contributed by atoms with E-state index < -0.39 is 0 Å². The molecule has 0 saturated heterocycles. The number of carbonyl (C=O) groups is 1. The zero-order valence-corrected chi connectivity index (χ0v) is 15.0. The molecule has 132 valence electrons. The monoisotopic (exact) mass is 347 g/mol. The van der Waals surface area contributed by atoms with Crippen molar-refractivity contribution in [2.24, 2.45) is 0 Å². The number of rotatable bonds is 4. The first-order valence-electron chi connectivity index (χ1n) is 8.91. The van der Waals surface area contributed by atoms with E-state index >= 15 is 0 Å². The van der Waals surface area contributed by atoms with Gasteiger partial charge < -0.3 is 9.42 Å². The number of anilines is 1. The highest BCUT2D eigenvalue weighted by Gasteiger charge is 2.30. The summed E-state index contributed by atoms with van der Waals surface area (Å²) in [7, 11) is 0. The van der Waals surface area contributed by atoms with Gasteiger partial charge in [0.25, 0.3) is 0 Å². The predicted molar refractivity (Wildman–Crippen MR) is 99.9 cm³/mol. The van der Waals surface area contributed by atoms with E-state index in [1.807, 2.05) is 54.3 Å². The van der Waals surface area contributed by atoms with E-state index in [1.54, 1.807) is 0 Å². The third-order valence-electron chi connectivity index (χ3n) is 4.77. The largest absolute Gasteiger partial charge is 0.339 e. The molecular formula is C21H21N3O2. The minimum absolute atomic E-state index is 0.0951. The number of carbonyl (C=O) groups excluding carboxylic acids is 1. The average molecular weight is 347 g/mol. The fraction of sp³-hybridized carbons (Fsp3) is 0.286. The fourth-order valence-electron chi connectivity index (χ4n) is 3.54. The van der Waals surface area contributed by atoms with Crippen LogP contribution in [0.15, 0.2) is 53.1 Å². The zero-order valence-electron chi connectivity index (χ0n) is 15.0. The Labute approximate surface area is 152 Å². The van der Waals surface area contributed by atoms with E-state index in [-0.39, 0.29) is 11.9 Å². The van der Waals surface area contributed by atoms with Crippen LogP contribution in [0.4, 0.5) is 5.69 Å². The first kappa shape index (κ1) is 16.5. The number of benzene rings is 2. The number of amides is 1. The van der Waals surface area contributed by atoms with E-state index in [0.717, 1.165) is 23.2 Å². The van der Waals surface area contributed by atoms with E-state index in [9.17, 15) is 4.79 Å². The van der Waals surface area contributed by atoms with E-state index in [1.165, 1.54) is 5.56 Å². The van der Waals surface area contributed by atoms with Gasteiger partial charge >= 0.3 is 0 Å². The Morgan fingerprint density at radius 2 is 2.08 bits per heavy atom. The first-order chi connectivity index (χ1) is 12.6. The lowest BCUT2D eigenvalue weighted by Crippen LogP contribution is -2.35. The van der Waals surface area contributed by atoms with E-state index in [2.05, 4.69) is 23.1 Å². The molecule has 0 bridgehead atoms. The number of nitrogens with zero attached hydrogens (tertiary/aromatic N) is 3. The van der Waals surface area contributed by atoms with Crippen molar-refractivity contribution in [1.29, 1.82) is 0 Å². The van der Waals surface area contributed by atoms with Gasteiger partial charge in [0.05, 0.1) is 0 Å².